The molecule has 0 radical (unpaired) electrons. The van der Waals surface area contributed by atoms with E-state index in [9.17, 15) is 18.0 Å². The first-order valence-corrected chi connectivity index (χ1v) is 11.3. The van der Waals surface area contributed by atoms with Crippen molar-refractivity contribution in [2.75, 3.05) is 6.61 Å². The first-order valence-electron chi connectivity index (χ1n) is 10.5. The number of carboxylic acids is 1. The number of nitrogens with zero attached hydrogens (tertiary/aromatic N) is 2. The minimum atomic E-state index is -4.56. The highest BCUT2D eigenvalue weighted by Gasteiger charge is 2.36. The van der Waals surface area contributed by atoms with Gasteiger partial charge in [-0.3, -0.25) is 4.79 Å². The summed E-state index contributed by atoms with van der Waals surface area (Å²) in [4.78, 5) is 14.8. The zero-order chi connectivity index (χ0) is 24.0. The Labute approximate surface area is 198 Å². The van der Waals surface area contributed by atoms with Crippen molar-refractivity contribution >= 4 is 21.9 Å². The Morgan fingerprint density at radius 3 is 2.55 bits per heavy atom. The van der Waals surface area contributed by atoms with Crippen LogP contribution in [0.25, 0.3) is 11.4 Å². The summed E-state index contributed by atoms with van der Waals surface area (Å²) in [5, 5.41) is 8.85. The SMILES string of the molecule is CC(CCCOc1ccccc1Cn1c(C(F)(F)F)cnc1-c1ccc(Br)cc1)CC(=O)O. The van der Waals surface area contributed by atoms with Crippen LogP contribution in [0.5, 0.6) is 5.75 Å². The van der Waals surface area contributed by atoms with Crippen molar-refractivity contribution in [3.8, 4) is 17.1 Å². The summed E-state index contributed by atoms with van der Waals surface area (Å²) in [5.74, 6) is -0.106. The first kappa shape index (κ1) is 24.8. The summed E-state index contributed by atoms with van der Waals surface area (Å²) in [6.07, 6.45) is -2.29. The average Bonchev–Trinajstić information content (AvgIpc) is 3.16. The van der Waals surface area contributed by atoms with Gasteiger partial charge in [-0.25, -0.2) is 4.98 Å². The first-order chi connectivity index (χ1) is 15.6. The molecule has 0 saturated carbocycles. The minimum Gasteiger partial charge on any atom is -0.493 e. The lowest BCUT2D eigenvalue weighted by Crippen LogP contribution is -2.15. The summed E-state index contributed by atoms with van der Waals surface area (Å²) < 4.78 is 49.0. The molecular formula is C24H24BrF3N2O3. The Bertz CT molecular complexity index is 1080. The van der Waals surface area contributed by atoms with E-state index in [2.05, 4.69) is 20.9 Å². The largest absolute Gasteiger partial charge is 0.493 e. The molecular weight excluding hydrogens is 501 g/mol. The lowest BCUT2D eigenvalue weighted by atomic mass is 10.0. The second-order valence-corrected chi connectivity index (χ2v) is 8.77. The smallest absolute Gasteiger partial charge is 0.433 e. The van der Waals surface area contributed by atoms with Crippen LogP contribution >= 0.6 is 15.9 Å². The van der Waals surface area contributed by atoms with Crippen LogP contribution in [0, 0.1) is 5.92 Å². The van der Waals surface area contributed by atoms with Crippen molar-refractivity contribution < 1.29 is 27.8 Å². The van der Waals surface area contributed by atoms with Crippen LogP contribution in [-0.2, 0) is 17.5 Å². The van der Waals surface area contributed by atoms with Gasteiger partial charge in [-0.05, 0) is 37.0 Å². The molecule has 0 saturated heterocycles. The Balaban J connectivity index is 1.81. The molecule has 176 valence electrons. The maximum absolute atomic E-state index is 13.7. The van der Waals surface area contributed by atoms with Crippen molar-refractivity contribution in [2.24, 2.45) is 5.92 Å². The number of para-hydroxylation sites is 1. The normalized spacial score (nSPS) is 12.5. The number of alkyl halides is 3. The summed E-state index contributed by atoms with van der Waals surface area (Å²) in [7, 11) is 0. The molecule has 1 unspecified atom stereocenters. The Hall–Kier alpha value is -2.81. The zero-order valence-corrected chi connectivity index (χ0v) is 19.6. The highest BCUT2D eigenvalue weighted by molar-refractivity contribution is 9.10. The fourth-order valence-electron chi connectivity index (χ4n) is 3.55. The second-order valence-electron chi connectivity index (χ2n) is 7.86. The summed E-state index contributed by atoms with van der Waals surface area (Å²) in [6, 6.07) is 13.9. The number of benzene rings is 2. The molecule has 1 aromatic heterocycles. The monoisotopic (exact) mass is 524 g/mol. The summed E-state index contributed by atoms with van der Waals surface area (Å²) in [6.45, 7) is 2.14. The molecule has 3 aromatic rings. The standard InChI is InChI=1S/C24H24BrF3N2O3/c1-16(13-22(31)32)5-4-12-33-20-7-3-2-6-18(20)15-30-21(24(26,27)28)14-29-23(30)17-8-10-19(25)11-9-17/h2-3,6-11,14,16H,4-5,12-13,15H2,1H3,(H,31,32). The van der Waals surface area contributed by atoms with Gasteiger partial charge in [-0.1, -0.05) is 53.2 Å². The van der Waals surface area contributed by atoms with E-state index in [1.165, 1.54) is 0 Å². The van der Waals surface area contributed by atoms with Gasteiger partial charge in [0.1, 0.15) is 17.3 Å². The summed E-state index contributed by atoms with van der Waals surface area (Å²) >= 11 is 3.33. The maximum Gasteiger partial charge on any atom is 0.433 e. The van der Waals surface area contributed by atoms with Gasteiger partial charge < -0.3 is 14.4 Å². The van der Waals surface area contributed by atoms with Crippen molar-refractivity contribution in [3.63, 3.8) is 0 Å². The van der Waals surface area contributed by atoms with E-state index in [1.807, 2.05) is 6.92 Å². The highest BCUT2D eigenvalue weighted by atomic mass is 79.9. The number of aromatic nitrogens is 2. The number of halogens is 4. The van der Waals surface area contributed by atoms with Gasteiger partial charge in [0.15, 0.2) is 0 Å². The maximum atomic E-state index is 13.7. The number of imidazole rings is 1. The average molecular weight is 525 g/mol. The molecule has 0 fully saturated rings. The predicted molar refractivity (Wildman–Crippen MR) is 122 cm³/mol. The molecule has 0 bridgehead atoms. The van der Waals surface area contributed by atoms with Gasteiger partial charge in [0.05, 0.1) is 19.3 Å². The van der Waals surface area contributed by atoms with Gasteiger partial charge in [-0.2, -0.15) is 13.2 Å². The minimum absolute atomic E-state index is 0.0232. The van der Waals surface area contributed by atoms with Crippen molar-refractivity contribution in [1.82, 2.24) is 9.55 Å². The fourth-order valence-corrected chi connectivity index (χ4v) is 3.82. The number of carboxylic acid groups (broad SMARTS) is 1. The lowest BCUT2D eigenvalue weighted by molar-refractivity contribution is -0.143. The van der Waals surface area contributed by atoms with E-state index in [0.717, 1.165) is 15.2 Å². The topological polar surface area (TPSA) is 64.4 Å². The molecule has 0 amide bonds. The van der Waals surface area contributed by atoms with Crippen LogP contribution in [0.3, 0.4) is 0 Å². The van der Waals surface area contributed by atoms with Crippen LogP contribution in [0.2, 0.25) is 0 Å². The number of carbonyl (C=O) groups is 1. The third-order valence-electron chi connectivity index (χ3n) is 5.17. The number of aliphatic carboxylic acids is 1. The van der Waals surface area contributed by atoms with Gasteiger partial charge in [0, 0.05) is 22.0 Å². The van der Waals surface area contributed by atoms with E-state index in [-0.39, 0.29) is 24.7 Å². The number of ether oxygens (including phenoxy) is 1. The molecule has 0 aliphatic heterocycles. The van der Waals surface area contributed by atoms with E-state index in [4.69, 9.17) is 9.84 Å². The summed E-state index contributed by atoms with van der Waals surface area (Å²) in [5.41, 5.74) is 0.329. The number of rotatable bonds is 10. The van der Waals surface area contributed by atoms with Crippen LogP contribution in [0.4, 0.5) is 13.2 Å². The molecule has 1 heterocycles. The molecule has 0 spiro atoms. The molecule has 5 nitrogen and oxygen atoms in total. The Morgan fingerprint density at radius 1 is 1.18 bits per heavy atom. The van der Waals surface area contributed by atoms with Crippen molar-refractivity contribution in [1.29, 1.82) is 0 Å². The zero-order valence-electron chi connectivity index (χ0n) is 18.0. The van der Waals surface area contributed by atoms with Gasteiger partial charge >= 0.3 is 12.1 Å². The van der Waals surface area contributed by atoms with Gasteiger partial charge in [0.25, 0.3) is 0 Å². The van der Waals surface area contributed by atoms with Crippen LogP contribution in [0.15, 0.2) is 59.2 Å². The van der Waals surface area contributed by atoms with Crippen LogP contribution in [0.1, 0.15) is 37.4 Å². The van der Waals surface area contributed by atoms with Crippen molar-refractivity contribution in [3.05, 3.63) is 70.5 Å². The lowest BCUT2D eigenvalue weighted by Gasteiger charge is -2.17. The highest BCUT2D eigenvalue weighted by Crippen LogP contribution is 2.34. The Morgan fingerprint density at radius 2 is 1.88 bits per heavy atom. The van der Waals surface area contributed by atoms with E-state index in [1.54, 1.807) is 48.5 Å². The molecule has 3 rings (SSSR count). The molecule has 9 heteroatoms. The van der Waals surface area contributed by atoms with E-state index >= 15 is 0 Å². The molecule has 1 N–H and O–H groups in total. The Kier molecular flexibility index (Phi) is 8.18. The third-order valence-corrected chi connectivity index (χ3v) is 5.70. The molecule has 1 atom stereocenters. The third kappa shape index (κ3) is 6.83. The predicted octanol–water partition coefficient (Wildman–Crippen LogP) is 6.65. The van der Waals surface area contributed by atoms with E-state index in [0.29, 0.717) is 36.3 Å². The number of hydrogen-bond acceptors (Lipinski definition) is 3. The van der Waals surface area contributed by atoms with Gasteiger partial charge in [-0.15, -0.1) is 0 Å². The number of hydrogen-bond donors (Lipinski definition) is 1. The molecule has 2 aromatic carbocycles. The van der Waals surface area contributed by atoms with Crippen LogP contribution in [-0.4, -0.2) is 27.2 Å². The fraction of sp³-hybridized carbons (Fsp3) is 0.333. The van der Waals surface area contributed by atoms with E-state index < -0.39 is 17.8 Å². The molecule has 33 heavy (non-hydrogen) atoms. The molecule has 0 aliphatic rings. The molecule has 0 aliphatic carbocycles. The van der Waals surface area contributed by atoms with Crippen molar-refractivity contribution in [2.45, 2.75) is 38.9 Å². The van der Waals surface area contributed by atoms with Crippen LogP contribution < -0.4 is 4.74 Å². The van der Waals surface area contributed by atoms with Gasteiger partial charge in [0.2, 0.25) is 0 Å². The quantitative estimate of drug-likeness (QED) is 0.301. The second kappa shape index (κ2) is 10.9.